The largest absolute Gasteiger partial charge is 0.385 e. The molecule has 1 aromatic carbocycles. The lowest BCUT2D eigenvalue weighted by molar-refractivity contribution is -0.115. The Morgan fingerprint density at radius 1 is 1.04 bits per heavy atom. The van der Waals surface area contributed by atoms with Crippen LogP contribution in [0.5, 0.6) is 0 Å². The second-order valence-electron chi connectivity index (χ2n) is 6.32. The summed E-state index contributed by atoms with van der Waals surface area (Å²) in [6.45, 7) is 4.50. The second kappa shape index (κ2) is 14.3. The molecule has 0 aromatic heterocycles. The molecule has 146 valence electrons. The summed E-state index contributed by atoms with van der Waals surface area (Å²) in [5.74, 6) is -0.251. The standard InChI is InChI=1S/C20H33N3O3/c1-3-4-5-6-7-12-21-16-19(24)23-18-11-8-10-17(15-18)20(25)22-13-9-14-26-2/h8,10-11,15,21H,3-7,9,12-14,16H2,1-2H3,(H,22,25)(H,23,24). The summed E-state index contributed by atoms with van der Waals surface area (Å²) in [4.78, 5) is 24.1. The Labute approximate surface area is 157 Å². The van der Waals surface area contributed by atoms with E-state index in [1.165, 1.54) is 25.7 Å². The summed E-state index contributed by atoms with van der Waals surface area (Å²) >= 11 is 0. The van der Waals surface area contributed by atoms with Gasteiger partial charge < -0.3 is 20.7 Å². The van der Waals surface area contributed by atoms with Crippen LogP contribution in [-0.2, 0) is 9.53 Å². The number of amides is 2. The molecule has 1 rings (SSSR count). The van der Waals surface area contributed by atoms with Crippen molar-refractivity contribution in [3.05, 3.63) is 29.8 Å². The van der Waals surface area contributed by atoms with E-state index in [0.717, 1.165) is 19.4 Å². The van der Waals surface area contributed by atoms with Gasteiger partial charge in [-0.05, 0) is 37.6 Å². The van der Waals surface area contributed by atoms with E-state index in [0.29, 0.717) is 24.4 Å². The molecule has 6 nitrogen and oxygen atoms in total. The first kappa shape index (κ1) is 22.1. The molecule has 0 fully saturated rings. The maximum atomic E-state index is 12.1. The maximum absolute atomic E-state index is 12.1. The number of anilines is 1. The number of ether oxygens (including phenoxy) is 1. The minimum atomic E-state index is -0.151. The molecule has 0 aliphatic carbocycles. The Morgan fingerprint density at radius 3 is 2.62 bits per heavy atom. The molecule has 0 aliphatic heterocycles. The van der Waals surface area contributed by atoms with Crippen molar-refractivity contribution in [1.29, 1.82) is 0 Å². The Bertz CT molecular complexity index is 535. The third kappa shape index (κ3) is 10.2. The van der Waals surface area contributed by atoms with Crippen molar-refractivity contribution < 1.29 is 14.3 Å². The molecule has 3 N–H and O–H groups in total. The molecule has 0 heterocycles. The number of nitrogens with one attached hydrogen (secondary N) is 3. The second-order valence-corrected chi connectivity index (χ2v) is 6.32. The monoisotopic (exact) mass is 363 g/mol. The highest BCUT2D eigenvalue weighted by atomic mass is 16.5. The fourth-order valence-electron chi connectivity index (χ4n) is 2.52. The Kier molecular flexibility index (Phi) is 12.1. The lowest BCUT2D eigenvalue weighted by atomic mass is 10.1. The summed E-state index contributed by atoms with van der Waals surface area (Å²) in [6.07, 6.45) is 6.82. The van der Waals surface area contributed by atoms with Crippen LogP contribution in [0.15, 0.2) is 24.3 Å². The molecule has 0 aliphatic rings. The van der Waals surface area contributed by atoms with Gasteiger partial charge in [0, 0.05) is 31.5 Å². The first-order valence-corrected chi connectivity index (χ1v) is 9.55. The van der Waals surface area contributed by atoms with Gasteiger partial charge in [-0.3, -0.25) is 9.59 Å². The van der Waals surface area contributed by atoms with E-state index >= 15 is 0 Å². The van der Waals surface area contributed by atoms with Crippen LogP contribution in [0.3, 0.4) is 0 Å². The van der Waals surface area contributed by atoms with E-state index in [1.54, 1.807) is 31.4 Å². The van der Waals surface area contributed by atoms with Crippen LogP contribution in [0, 0.1) is 0 Å². The molecule has 0 radical (unpaired) electrons. The summed E-state index contributed by atoms with van der Waals surface area (Å²) in [5, 5.41) is 8.81. The van der Waals surface area contributed by atoms with E-state index in [9.17, 15) is 9.59 Å². The molecule has 0 saturated carbocycles. The first-order chi connectivity index (χ1) is 12.7. The van der Waals surface area contributed by atoms with Gasteiger partial charge in [0.2, 0.25) is 5.91 Å². The van der Waals surface area contributed by atoms with Crippen molar-refractivity contribution in [3.8, 4) is 0 Å². The number of carbonyl (C=O) groups is 2. The smallest absolute Gasteiger partial charge is 0.251 e. The van der Waals surface area contributed by atoms with E-state index < -0.39 is 0 Å². The zero-order chi connectivity index (χ0) is 19.0. The molecule has 0 atom stereocenters. The quantitative estimate of drug-likeness (QED) is 0.444. The first-order valence-electron chi connectivity index (χ1n) is 9.55. The van der Waals surface area contributed by atoms with Crippen LogP contribution < -0.4 is 16.0 Å². The zero-order valence-electron chi connectivity index (χ0n) is 16.1. The molecule has 0 unspecified atom stereocenters. The number of unbranched alkanes of at least 4 members (excludes halogenated alkanes) is 4. The molecule has 0 spiro atoms. The van der Waals surface area contributed by atoms with Crippen molar-refractivity contribution in [2.75, 3.05) is 38.7 Å². The van der Waals surface area contributed by atoms with Crippen LogP contribution in [0.2, 0.25) is 0 Å². The molecule has 0 saturated heterocycles. The zero-order valence-corrected chi connectivity index (χ0v) is 16.1. The number of carbonyl (C=O) groups excluding carboxylic acids is 2. The summed E-state index contributed by atoms with van der Waals surface area (Å²) in [7, 11) is 1.63. The van der Waals surface area contributed by atoms with Gasteiger partial charge in [0.15, 0.2) is 0 Å². The van der Waals surface area contributed by atoms with Gasteiger partial charge >= 0.3 is 0 Å². The maximum Gasteiger partial charge on any atom is 0.251 e. The van der Waals surface area contributed by atoms with Crippen LogP contribution in [0.1, 0.15) is 55.8 Å². The Balaban J connectivity index is 2.29. The summed E-state index contributed by atoms with van der Waals surface area (Å²) in [5.41, 5.74) is 1.16. The fourth-order valence-corrected chi connectivity index (χ4v) is 2.52. The van der Waals surface area contributed by atoms with Crippen LogP contribution in [-0.4, -0.2) is 45.2 Å². The Hall–Kier alpha value is -1.92. The van der Waals surface area contributed by atoms with Crippen LogP contribution >= 0.6 is 0 Å². The van der Waals surface area contributed by atoms with E-state index in [1.807, 2.05) is 0 Å². The third-order valence-electron chi connectivity index (χ3n) is 3.96. The molecule has 0 bridgehead atoms. The highest BCUT2D eigenvalue weighted by Gasteiger charge is 2.07. The van der Waals surface area contributed by atoms with Crippen LogP contribution in [0.4, 0.5) is 5.69 Å². The lowest BCUT2D eigenvalue weighted by Crippen LogP contribution is -2.29. The molecular formula is C20H33N3O3. The van der Waals surface area contributed by atoms with Crippen molar-refractivity contribution in [2.45, 2.75) is 45.4 Å². The minimum absolute atomic E-state index is 0.101. The van der Waals surface area contributed by atoms with Gasteiger partial charge in [0.05, 0.1) is 6.54 Å². The average Bonchev–Trinajstić information content (AvgIpc) is 2.64. The van der Waals surface area contributed by atoms with Crippen molar-refractivity contribution in [1.82, 2.24) is 10.6 Å². The molecule has 26 heavy (non-hydrogen) atoms. The summed E-state index contributed by atoms with van der Waals surface area (Å²) in [6, 6.07) is 6.97. The lowest BCUT2D eigenvalue weighted by Gasteiger charge is -2.09. The van der Waals surface area contributed by atoms with Gasteiger partial charge in [-0.15, -0.1) is 0 Å². The topological polar surface area (TPSA) is 79.5 Å². The number of hydrogen-bond donors (Lipinski definition) is 3. The van der Waals surface area contributed by atoms with Crippen molar-refractivity contribution in [2.24, 2.45) is 0 Å². The molecule has 6 heteroatoms. The third-order valence-corrected chi connectivity index (χ3v) is 3.96. The van der Waals surface area contributed by atoms with Gasteiger partial charge in [0.1, 0.15) is 0 Å². The average molecular weight is 364 g/mol. The SMILES string of the molecule is CCCCCCCNCC(=O)Nc1cccc(C(=O)NCCCOC)c1. The normalized spacial score (nSPS) is 10.5. The van der Waals surface area contributed by atoms with E-state index in [4.69, 9.17) is 4.74 Å². The van der Waals surface area contributed by atoms with Gasteiger partial charge in [-0.1, -0.05) is 38.7 Å². The fraction of sp³-hybridized carbons (Fsp3) is 0.600. The highest BCUT2D eigenvalue weighted by molar-refractivity contribution is 5.97. The molecule has 2 amide bonds. The van der Waals surface area contributed by atoms with Crippen molar-refractivity contribution in [3.63, 3.8) is 0 Å². The predicted molar refractivity (Wildman–Crippen MR) is 106 cm³/mol. The molecular weight excluding hydrogens is 330 g/mol. The van der Waals surface area contributed by atoms with Crippen molar-refractivity contribution >= 4 is 17.5 Å². The Morgan fingerprint density at radius 2 is 1.85 bits per heavy atom. The highest BCUT2D eigenvalue weighted by Crippen LogP contribution is 2.10. The van der Waals surface area contributed by atoms with Gasteiger partial charge in [-0.25, -0.2) is 0 Å². The summed E-state index contributed by atoms with van der Waals surface area (Å²) < 4.78 is 4.95. The minimum Gasteiger partial charge on any atom is -0.385 e. The van der Waals surface area contributed by atoms with Gasteiger partial charge in [0.25, 0.3) is 5.91 Å². The number of rotatable bonds is 14. The van der Waals surface area contributed by atoms with E-state index in [-0.39, 0.29) is 18.4 Å². The van der Waals surface area contributed by atoms with Gasteiger partial charge in [-0.2, -0.15) is 0 Å². The molecule has 1 aromatic rings. The predicted octanol–water partition coefficient (Wildman–Crippen LogP) is 2.95. The number of hydrogen-bond acceptors (Lipinski definition) is 4. The number of benzene rings is 1. The van der Waals surface area contributed by atoms with E-state index in [2.05, 4.69) is 22.9 Å². The number of methoxy groups -OCH3 is 1. The van der Waals surface area contributed by atoms with Crippen LogP contribution in [0.25, 0.3) is 0 Å².